The van der Waals surface area contributed by atoms with Crippen LogP contribution in [0.4, 0.5) is 0 Å². The van der Waals surface area contributed by atoms with E-state index in [2.05, 4.69) is 29.1 Å². The molecular weight excluding hydrogens is 174 g/mol. The molecule has 0 aliphatic carbocycles. The van der Waals surface area contributed by atoms with Gasteiger partial charge in [-0.2, -0.15) is 0 Å². The van der Waals surface area contributed by atoms with E-state index in [0.717, 1.165) is 0 Å². The molecule has 0 fully saturated rings. The predicted molar refractivity (Wildman–Crippen MR) is 34.2 cm³/mol. The van der Waals surface area contributed by atoms with E-state index in [1.54, 1.807) is 0 Å². The molecule has 0 atom stereocenters. The molecule has 0 rings (SSSR count). The van der Waals surface area contributed by atoms with Crippen LogP contribution >= 0.6 is 15.9 Å². The van der Waals surface area contributed by atoms with Crippen molar-refractivity contribution in [2.75, 3.05) is 0 Å². The Morgan fingerprint density at radius 2 is 2.00 bits per heavy atom. The highest BCUT2D eigenvalue weighted by atomic mass is 79.9. The molecule has 4 heteroatoms. The molecule has 0 heterocycles. The third-order valence-electron chi connectivity index (χ3n) is 0.534. The van der Waals surface area contributed by atoms with E-state index in [0.29, 0.717) is 0 Å². The normalized spacial score (nSPS) is 8.12. The van der Waals surface area contributed by atoms with Gasteiger partial charge < -0.3 is 0 Å². The summed E-state index contributed by atoms with van der Waals surface area (Å²) in [5.41, 5.74) is -0.204. The van der Waals surface area contributed by atoms with Gasteiger partial charge in [0.1, 0.15) is 0 Å². The Kier molecular flexibility index (Phi) is 2.41. The second kappa shape index (κ2) is 2.61. The maximum absolute atomic E-state index is 9.76. The predicted octanol–water partition coefficient (Wildman–Crippen LogP) is 1.69. The fraction of sp³-hybridized carbons (Fsp3) is 0. The van der Waals surface area contributed by atoms with Crippen molar-refractivity contribution in [2.24, 2.45) is 0 Å². The first kappa shape index (κ1) is 7.36. The molecule has 0 saturated heterocycles. The third kappa shape index (κ3) is 1.88. The minimum atomic E-state index is -0.600. The van der Waals surface area contributed by atoms with Gasteiger partial charge in [0, 0.05) is 0 Å². The smallest absolute Gasteiger partial charge is 0.258 e. The van der Waals surface area contributed by atoms with Crippen molar-refractivity contribution in [2.45, 2.75) is 0 Å². The average Bonchev–Trinajstić information content (AvgIpc) is 1.64. The molecule has 8 heavy (non-hydrogen) atoms. The van der Waals surface area contributed by atoms with Gasteiger partial charge in [-0.3, -0.25) is 10.1 Å². The number of nitro groups is 1. The summed E-state index contributed by atoms with van der Waals surface area (Å²) in [4.78, 5) is 9.16. The lowest BCUT2D eigenvalue weighted by Gasteiger charge is -1.87. The van der Waals surface area contributed by atoms with Crippen molar-refractivity contribution in [3.63, 3.8) is 0 Å². The lowest BCUT2D eigenvalue weighted by molar-refractivity contribution is -0.418. The highest BCUT2D eigenvalue weighted by molar-refractivity contribution is 9.11. The van der Waals surface area contributed by atoms with Gasteiger partial charge in [0.15, 0.2) is 0 Å². The highest BCUT2D eigenvalue weighted by Gasteiger charge is 2.06. The number of hydrogen-bond acceptors (Lipinski definition) is 2. The van der Waals surface area contributed by atoms with Crippen LogP contribution in [0.1, 0.15) is 0 Å². The van der Waals surface area contributed by atoms with Gasteiger partial charge in [-0.15, -0.1) is 0 Å². The molecule has 0 spiro atoms. The monoisotopic (exact) mass is 177 g/mol. The van der Waals surface area contributed by atoms with E-state index in [-0.39, 0.29) is 10.2 Å². The zero-order valence-corrected chi connectivity index (χ0v) is 5.64. The zero-order chi connectivity index (χ0) is 6.73. The Morgan fingerprint density at radius 3 is 2.00 bits per heavy atom. The van der Waals surface area contributed by atoms with Crippen LogP contribution in [0.15, 0.2) is 23.3 Å². The zero-order valence-electron chi connectivity index (χ0n) is 4.06. The summed E-state index contributed by atoms with van der Waals surface area (Å²) < 4.78 is 0.211. The topological polar surface area (TPSA) is 43.1 Å². The Hall–Kier alpha value is -0.640. The fourth-order valence-corrected chi connectivity index (χ4v) is 0.244. The van der Waals surface area contributed by atoms with Crippen molar-refractivity contribution < 1.29 is 4.92 Å². The molecule has 0 bridgehead atoms. The van der Waals surface area contributed by atoms with Crippen LogP contribution in [0, 0.1) is 10.1 Å². The van der Waals surface area contributed by atoms with Gasteiger partial charge in [0.25, 0.3) is 5.70 Å². The molecule has 44 valence electrons. The second-order valence-electron chi connectivity index (χ2n) is 1.11. The average molecular weight is 178 g/mol. The molecule has 0 amide bonds. The number of rotatable bonds is 2. The van der Waals surface area contributed by atoms with Crippen LogP contribution in [0.25, 0.3) is 0 Å². The van der Waals surface area contributed by atoms with Gasteiger partial charge in [-0.1, -0.05) is 6.58 Å². The minimum Gasteiger partial charge on any atom is -0.258 e. The van der Waals surface area contributed by atoms with Crippen molar-refractivity contribution in [1.82, 2.24) is 0 Å². The molecule has 0 saturated carbocycles. The lowest BCUT2D eigenvalue weighted by atomic mass is 10.5. The van der Waals surface area contributed by atoms with Crippen molar-refractivity contribution in [1.29, 1.82) is 0 Å². The van der Waals surface area contributed by atoms with Crippen LogP contribution in [0.5, 0.6) is 0 Å². The van der Waals surface area contributed by atoms with Crippen LogP contribution < -0.4 is 0 Å². The Bertz CT molecular complexity index is 136. The van der Waals surface area contributed by atoms with E-state index in [9.17, 15) is 10.1 Å². The van der Waals surface area contributed by atoms with Crippen LogP contribution in [-0.2, 0) is 0 Å². The van der Waals surface area contributed by atoms with E-state index < -0.39 is 4.92 Å². The first-order chi connectivity index (χ1) is 3.55. The Labute approximate surface area is 55.0 Å². The van der Waals surface area contributed by atoms with Gasteiger partial charge in [0.2, 0.25) is 0 Å². The van der Waals surface area contributed by atoms with Crippen LogP contribution in [-0.4, -0.2) is 4.92 Å². The summed E-state index contributed by atoms with van der Waals surface area (Å²) in [5, 5.41) is 9.76. The van der Waals surface area contributed by atoms with Crippen molar-refractivity contribution >= 4 is 15.9 Å². The van der Waals surface area contributed by atoms with Crippen LogP contribution in [0.2, 0.25) is 0 Å². The summed E-state index contributed by atoms with van der Waals surface area (Å²) in [7, 11) is 0. The van der Waals surface area contributed by atoms with E-state index >= 15 is 0 Å². The molecule has 0 N–H and O–H groups in total. The fourth-order valence-electron chi connectivity index (χ4n) is 0.0991. The van der Waals surface area contributed by atoms with Crippen molar-refractivity contribution in [3.05, 3.63) is 33.5 Å². The molecule has 3 nitrogen and oxygen atoms in total. The minimum absolute atomic E-state index is 0.204. The summed E-state index contributed by atoms with van der Waals surface area (Å²) in [6, 6.07) is 0. The molecular formula is C4H4BrNO2. The van der Waals surface area contributed by atoms with E-state index in [4.69, 9.17) is 0 Å². The number of nitrogens with zero attached hydrogens (tertiary/aromatic N) is 1. The summed E-state index contributed by atoms with van der Waals surface area (Å²) >= 11 is 2.80. The standard InChI is InChI=1S/C4H4BrNO2/c1-3(5)4(2)6(7)8/h1-2H2. The summed E-state index contributed by atoms with van der Waals surface area (Å²) in [6.45, 7) is 6.36. The van der Waals surface area contributed by atoms with Gasteiger partial charge in [0.05, 0.1) is 9.41 Å². The van der Waals surface area contributed by atoms with Gasteiger partial charge in [-0.05, 0) is 22.5 Å². The number of allylic oxidation sites excluding steroid dienone is 1. The van der Waals surface area contributed by atoms with Gasteiger partial charge >= 0.3 is 0 Å². The first-order valence-corrected chi connectivity index (χ1v) is 2.53. The number of halogens is 1. The first-order valence-electron chi connectivity index (χ1n) is 1.73. The molecule has 0 aromatic heterocycles. The van der Waals surface area contributed by atoms with Crippen LogP contribution in [0.3, 0.4) is 0 Å². The molecule has 0 aromatic rings. The molecule has 0 radical (unpaired) electrons. The molecule has 0 aliphatic rings. The summed E-state index contributed by atoms with van der Waals surface area (Å²) in [6.07, 6.45) is 0. The maximum Gasteiger partial charge on any atom is 0.275 e. The molecule has 0 unspecified atom stereocenters. The lowest BCUT2D eigenvalue weighted by Crippen LogP contribution is -1.94. The number of hydrogen-bond donors (Lipinski definition) is 0. The van der Waals surface area contributed by atoms with E-state index in [1.807, 2.05) is 0 Å². The third-order valence-corrected chi connectivity index (χ3v) is 0.991. The largest absolute Gasteiger partial charge is 0.275 e. The maximum atomic E-state index is 9.76. The Balaban J connectivity index is 4.05. The second-order valence-corrected chi connectivity index (χ2v) is 2.07. The Morgan fingerprint density at radius 1 is 1.62 bits per heavy atom. The van der Waals surface area contributed by atoms with Crippen molar-refractivity contribution in [3.8, 4) is 0 Å². The SMILES string of the molecule is C=C(Br)C(=C)[N+](=O)[O-]. The van der Waals surface area contributed by atoms with Gasteiger partial charge in [-0.25, -0.2) is 0 Å². The summed E-state index contributed by atoms with van der Waals surface area (Å²) in [5.74, 6) is 0. The molecule has 0 aromatic carbocycles. The molecule has 0 aliphatic heterocycles. The van der Waals surface area contributed by atoms with E-state index in [1.165, 1.54) is 0 Å². The highest BCUT2D eigenvalue weighted by Crippen LogP contribution is 2.11. The quantitative estimate of drug-likeness (QED) is 0.366.